The van der Waals surface area contributed by atoms with E-state index in [1.807, 2.05) is 0 Å². The van der Waals surface area contributed by atoms with Crippen LogP contribution in [0.15, 0.2) is 42.5 Å². The molecule has 102 valence electrons. The molecule has 1 heterocycles. The molecule has 0 bridgehead atoms. The van der Waals surface area contributed by atoms with Crippen LogP contribution in [0, 0.1) is 0 Å². The van der Waals surface area contributed by atoms with Crippen molar-refractivity contribution >= 4 is 0 Å². The molecule has 0 spiro atoms. The minimum absolute atomic E-state index is 0.125. The molecular weight excluding hydrogens is 238 g/mol. The minimum Gasteiger partial charge on any atom is -0.366 e. The Hall–Kier alpha value is -1.65. The number of likely N-dealkylation sites (N-methyl/N-ethyl adjacent to an activating group) is 1. The molecule has 4 heteroatoms. The summed E-state index contributed by atoms with van der Waals surface area (Å²) >= 11 is 0. The van der Waals surface area contributed by atoms with Gasteiger partial charge in [-0.15, -0.1) is 0 Å². The quantitative estimate of drug-likeness (QED) is 0.808. The molecule has 0 saturated heterocycles. The Morgan fingerprint density at radius 2 is 2.32 bits per heavy atom. The van der Waals surface area contributed by atoms with E-state index in [4.69, 9.17) is 26.7 Å². The van der Waals surface area contributed by atoms with Gasteiger partial charge < -0.3 is 9.64 Å². The van der Waals surface area contributed by atoms with Gasteiger partial charge in [0.15, 0.2) is 0 Å². The summed E-state index contributed by atoms with van der Waals surface area (Å²) in [5.74, 6) is 0. The van der Waals surface area contributed by atoms with Gasteiger partial charge in [0.25, 0.3) is 0 Å². The summed E-state index contributed by atoms with van der Waals surface area (Å²) in [6.45, 7) is -14.0. The maximum absolute atomic E-state index is 8.21. The van der Waals surface area contributed by atoms with Gasteiger partial charge in [-0.1, -0.05) is 30.2 Å². The average molecular weight is 275 g/mol. The highest BCUT2D eigenvalue weighted by atomic mass is 16.5. The molecular formula is C15H21N3O. The largest absolute Gasteiger partial charge is 0.366 e. The maximum atomic E-state index is 8.21. The summed E-state index contributed by atoms with van der Waals surface area (Å²) in [6, 6.07) is -3.02. The first-order valence-corrected chi connectivity index (χ1v) is 5.16. The number of hydrogen-bond donors (Lipinski definition) is 0. The number of rotatable bonds is 6. The fraction of sp³-hybridized carbons (Fsp3) is 0.400. The number of nitrogens with zero attached hydrogens (tertiary/aromatic N) is 3. The van der Waals surface area contributed by atoms with Crippen LogP contribution in [-0.4, -0.2) is 41.7 Å². The monoisotopic (exact) mass is 275 g/mol. The Morgan fingerprint density at radius 3 is 3.05 bits per heavy atom. The lowest BCUT2D eigenvalue weighted by Gasteiger charge is -2.20. The number of hydrogen-bond acceptors (Lipinski definition) is 3. The molecule has 2 rings (SSSR count). The Balaban J connectivity index is 2.74. The minimum atomic E-state index is -3.28. The molecule has 19 heavy (non-hydrogen) atoms. The Kier molecular flexibility index (Phi) is 1.34. The first kappa shape index (κ1) is 3.93. The van der Waals surface area contributed by atoms with Crippen molar-refractivity contribution < 1.29 is 26.7 Å². The Morgan fingerprint density at radius 1 is 1.47 bits per heavy atom. The van der Waals surface area contributed by atoms with E-state index in [2.05, 4.69) is 5.10 Å². The molecule has 1 atom stereocenters. The number of aryl methyl sites for hydroxylation is 1. The SMILES string of the molecule is [2H]c1c([2H])c([2H])c(C(OC([2H])([2H])CN(C([2H])([2H])[2H])C([2H])([2H])[2H])c2ccnn2C([2H])([2H])[2H])c([2H])c1[2H]. The van der Waals surface area contributed by atoms with Gasteiger partial charge in [-0.05, 0) is 25.6 Å². The lowest BCUT2D eigenvalue weighted by atomic mass is 10.1. The first-order chi connectivity index (χ1) is 15.6. The zero-order chi connectivity index (χ0) is 27.3. The van der Waals surface area contributed by atoms with Crippen LogP contribution in [0.25, 0.3) is 0 Å². The van der Waals surface area contributed by atoms with Crippen LogP contribution in [0.5, 0.6) is 0 Å². The normalized spacial score (nSPS) is 27.8. The zero-order valence-corrected chi connectivity index (χ0v) is 9.69. The smallest absolute Gasteiger partial charge is 0.124 e. The van der Waals surface area contributed by atoms with Gasteiger partial charge in [-0.2, -0.15) is 5.10 Å². The van der Waals surface area contributed by atoms with Crippen LogP contribution >= 0.6 is 0 Å². The van der Waals surface area contributed by atoms with E-state index in [9.17, 15) is 0 Å². The van der Waals surface area contributed by atoms with Gasteiger partial charge in [-0.3, -0.25) is 4.68 Å². The van der Waals surface area contributed by atoms with Gasteiger partial charge in [0.2, 0.25) is 0 Å². The number of aromatic nitrogens is 2. The van der Waals surface area contributed by atoms with Crippen LogP contribution < -0.4 is 0 Å². The molecule has 0 saturated carbocycles. The predicted molar refractivity (Wildman–Crippen MR) is 76.0 cm³/mol. The molecule has 0 radical (unpaired) electrons. The summed E-state index contributed by atoms with van der Waals surface area (Å²) in [5, 5.41) is 3.63. The Bertz CT molecular complexity index is 1030. The molecule has 4 nitrogen and oxygen atoms in total. The van der Waals surface area contributed by atoms with Crippen molar-refractivity contribution in [1.29, 1.82) is 0 Å². The number of benzene rings is 1. The van der Waals surface area contributed by atoms with Crippen molar-refractivity contribution in [1.82, 2.24) is 14.7 Å². The predicted octanol–water partition coefficient (Wildman–Crippen LogP) is 2.09. The van der Waals surface area contributed by atoms with Crippen molar-refractivity contribution in [3.63, 3.8) is 0 Å². The van der Waals surface area contributed by atoms with Crippen LogP contribution in [0.3, 0.4) is 0 Å². The fourth-order valence-electron chi connectivity index (χ4n) is 1.36. The average Bonchev–Trinajstić information content (AvgIpc) is 3.17. The van der Waals surface area contributed by atoms with E-state index in [-0.39, 0.29) is 4.90 Å². The van der Waals surface area contributed by atoms with Gasteiger partial charge in [0.1, 0.15) is 6.10 Å². The van der Waals surface area contributed by atoms with Crippen molar-refractivity contribution in [2.75, 3.05) is 27.1 Å². The summed E-state index contributed by atoms with van der Waals surface area (Å²) in [5.41, 5.74) is -1.10. The second-order valence-corrected chi connectivity index (χ2v) is 3.43. The van der Waals surface area contributed by atoms with E-state index in [1.165, 1.54) is 0 Å². The van der Waals surface area contributed by atoms with E-state index >= 15 is 0 Å². The second kappa shape index (κ2) is 6.50. The van der Waals surface area contributed by atoms with E-state index in [0.717, 1.165) is 12.3 Å². The summed E-state index contributed by atoms with van der Waals surface area (Å²) in [6.07, 6.45) is -1.02. The molecule has 1 unspecified atom stereocenters. The van der Waals surface area contributed by atoms with Crippen molar-refractivity contribution in [3.05, 3.63) is 53.7 Å². The lowest BCUT2D eigenvalue weighted by molar-refractivity contribution is 0.0638. The van der Waals surface area contributed by atoms with Crippen molar-refractivity contribution in [2.45, 2.75) is 6.10 Å². The van der Waals surface area contributed by atoms with Crippen molar-refractivity contribution in [3.8, 4) is 0 Å². The standard InChI is InChI=1S/C15H21N3O/c1-17(2)11-12-19-15(13-7-5-4-6-8-13)14-9-10-16-18(14)3/h4-10,15H,11-12H2,1-3H3/i1D3,2D3,3D3,4D,5D,6D,7D,8D,12D2. The third-order valence-electron chi connectivity index (χ3n) is 2.15. The molecule has 1 aromatic carbocycles. The van der Waals surface area contributed by atoms with E-state index < -0.39 is 81.6 Å². The van der Waals surface area contributed by atoms with E-state index in [0.29, 0.717) is 4.68 Å². The highest BCUT2D eigenvalue weighted by Gasteiger charge is 2.17. The lowest BCUT2D eigenvalue weighted by Crippen LogP contribution is -2.20. The molecule has 0 fully saturated rings. The van der Waals surface area contributed by atoms with Crippen LogP contribution in [0.4, 0.5) is 0 Å². The van der Waals surface area contributed by atoms with Crippen LogP contribution in [0.2, 0.25) is 0 Å². The molecule has 0 N–H and O–H groups in total. The van der Waals surface area contributed by atoms with Gasteiger partial charge >= 0.3 is 0 Å². The van der Waals surface area contributed by atoms with E-state index in [1.54, 1.807) is 0 Å². The molecule has 2 aromatic rings. The highest BCUT2D eigenvalue weighted by molar-refractivity contribution is 5.25. The maximum Gasteiger partial charge on any atom is 0.124 e. The Labute approximate surface area is 137 Å². The molecule has 0 amide bonds. The summed E-state index contributed by atoms with van der Waals surface area (Å²) in [7, 11) is 0. The van der Waals surface area contributed by atoms with Crippen LogP contribution in [-0.2, 0) is 11.7 Å². The molecule has 0 aliphatic heterocycles. The molecule has 0 aliphatic carbocycles. The number of ether oxygens (including phenoxy) is 1. The van der Waals surface area contributed by atoms with Gasteiger partial charge in [0, 0.05) is 32.1 Å². The summed E-state index contributed by atoms with van der Waals surface area (Å²) < 4.78 is 130. The molecule has 0 aliphatic rings. The third-order valence-corrected chi connectivity index (χ3v) is 2.15. The summed E-state index contributed by atoms with van der Waals surface area (Å²) in [4.78, 5) is -0.125. The second-order valence-electron chi connectivity index (χ2n) is 3.43. The van der Waals surface area contributed by atoms with Gasteiger partial charge in [0.05, 0.1) is 21.8 Å². The third kappa shape index (κ3) is 3.66. The molecule has 1 aromatic heterocycles. The first-order valence-electron chi connectivity index (χ1n) is 13.2. The zero-order valence-electron chi connectivity index (χ0n) is 25.7. The fourth-order valence-corrected chi connectivity index (χ4v) is 1.36. The topological polar surface area (TPSA) is 30.3 Å². The van der Waals surface area contributed by atoms with Crippen LogP contribution in [0.1, 0.15) is 39.3 Å². The van der Waals surface area contributed by atoms with Gasteiger partial charge in [-0.25, -0.2) is 0 Å². The van der Waals surface area contributed by atoms with Crippen molar-refractivity contribution in [2.24, 2.45) is 6.98 Å². The highest BCUT2D eigenvalue weighted by Crippen LogP contribution is 2.25.